The van der Waals surface area contributed by atoms with Crippen LogP contribution in [0, 0.1) is 11.3 Å². The number of carbonyl (C=O) groups excluding carboxylic acids is 3. The molecule has 11 heteroatoms. The molecule has 1 spiro atoms. The van der Waals surface area contributed by atoms with Gasteiger partial charge in [0.2, 0.25) is 5.91 Å². The van der Waals surface area contributed by atoms with E-state index in [4.69, 9.17) is 0 Å². The van der Waals surface area contributed by atoms with Gasteiger partial charge in [0.25, 0.3) is 5.91 Å². The molecule has 1 aliphatic carbocycles. The van der Waals surface area contributed by atoms with E-state index in [1.165, 1.54) is 12.1 Å². The van der Waals surface area contributed by atoms with Crippen LogP contribution in [0.1, 0.15) is 64.5 Å². The molecule has 1 aliphatic heterocycles. The van der Waals surface area contributed by atoms with E-state index in [2.05, 4.69) is 36.1 Å². The zero-order valence-corrected chi connectivity index (χ0v) is 20.1. The van der Waals surface area contributed by atoms with Gasteiger partial charge >= 0.3 is 12.4 Å². The van der Waals surface area contributed by atoms with Crippen molar-refractivity contribution in [1.29, 1.82) is 0 Å². The number of urea groups is 1. The van der Waals surface area contributed by atoms with Crippen LogP contribution in [0.25, 0.3) is 0 Å². The first-order valence-electron chi connectivity index (χ1n) is 11.7. The van der Waals surface area contributed by atoms with Gasteiger partial charge in [0.05, 0.1) is 6.10 Å². The first kappa shape index (κ1) is 26.8. The maximum absolute atomic E-state index is 13.1. The van der Waals surface area contributed by atoms with E-state index in [0.29, 0.717) is 18.8 Å². The number of aliphatic hydroxyl groups is 1. The topological polar surface area (TPSA) is 108 Å². The lowest BCUT2D eigenvalue weighted by atomic mass is 9.65. The van der Waals surface area contributed by atoms with E-state index in [1.54, 1.807) is 0 Å². The molecule has 4 amide bonds. The van der Waals surface area contributed by atoms with Gasteiger partial charge in [0.15, 0.2) is 0 Å². The smallest absolute Gasteiger partial charge is 0.406 e. The lowest BCUT2D eigenvalue weighted by Crippen LogP contribution is -2.51. The lowest BCUT2D eigenvalue weighted by Gasteiger charge is -2.42. The Morgan fingerprint density at radius 3 is 2.37 bits per heavy atom. The minimum atomic E-state index is -4.82. The Balaban J connectivity index is 1.51. The molecule has 1 unspecified atom stereocenters. The second-order valence-electron chi connectivity index (χ2n) is 9.96. The summed E-state index contributed by atoms with van der Waals surface area (Å²) in [7, 11) is 0. The molecule has 1 atom stereocenters. The summed E-state index contributed by atoms with van der Waals surface area (Å²) in [5.41, 5.74) is -0.558. The number of nitrogens with zero attached hydrogens (tertiary/aromatic N) is 1. The summed E-state index contributed by atoms with van der Waals surface area (Å²) in [4.78, 5) is 38.8. The van der Waals surface area contributed by atoms with Crippen molar-refractivity contribution in [2.45, 2.75) is 70.9 Å². The van der Waals surface area contributed by atoms with Crippen molar-refractivity contribution in [2.24, 2.45) is 11.3 Å². The maximum Gasteiger partial charge on any atom is 0.573 e. The van der Waals surface area contributed by atoms with Gasteiger partial charge in [-0.05, 0) is 54.7 Å². The minimum Gasteiger partial charge on any atom is -0.406 e. The van der Waals surface area contributed by atoms with Crippen LogP contribution >= 0.6 is 0 Å². The van der Waals surface area contributed by atoms with Crippen LogP contribution in [0.4, 0.5) is 18.0 Å². The zero-order chi connectivity index (χ0) is 26.0. The van der Waals surface area contributed by atoms with Gasteiger partial charge in [-0.1, -0.05) is 39.3 Å². The highest BCUT2D eigenvalue weighted by Gasteiger charge is 2.53. The van der Waals surface area contributed by atoms with E-state index < -0.39 is 48.1 Å². The van der Waals surface area contributed by atoms with Crippen LogP contribution < -0.4 is 15.4 Å². The van der Waals surface area contributed by atoms with Crippen molar-refractivity contribution >= 4 is 17.8 Å². The number of halogens is 3. The van der Waals surface area contributed by atoms with Crippen LogP contribution in [0.5, 0.6) is 5.75 Å². The first-order chi connectivity index (χ1) is 16.3. The fourth-order valence-corrected chi connectivity index (χ4v) is 4.76. The molecule has 2 fully saturated rings. The zero-order valence-electron chi connectivity index (χ0n) is 20.1. The second-order valence-corrected chi connectivity index (χ2v) is 9.96. The number of nitrogens with one attached hydrogen (secondary N) is 2. The molecule has 0 aromatic heterocycles. The summed E-state index contributed by atoms with van der Waals surface area (Å²) < 4.78 is 40.5. The number of imide groups is 1. The van der Waals surface area contributed by atoms with Gasteiger partial charge in [-0.15, -0.1) is 13.2 Å². The molecule has 1 aromatic carbocycles. The number of carbonyl (C=O) groups is 3. The second kappa shape index (κ2) is 10.0. The summed E-state index contributed by atoms with van der Waals surface area (Å²) in [5.74, 6) is -1.03. The fraction of sp³-hybridized carbons (Fsp3) is 0.625. The molecule has 35 heavy (non-hydrogen) atoms. The van der Waals surface area contributed by atoms with Gasteiger partial charge in [0.1, 0.15) is 17.8 Å². The molecule has 1 heterocycles. The fourth-order valence-electron chi connectivity index (χ4n) is 4.76. The molecule has 2 aliphatic rings. The van der Waals surface area contributed by atoms with Crippen molar-refractivity contribution in [2.75, 3.05) is 13.1 Å². The number of rotatable bonds is 8. The number of aliphatic hydroxyl groups excluding tert-OH is 1. The Morgan fingerprint density at radius 2 is 1.83 bits per heavy atom. The number of benzene rings is 1. The SMILES string of the molecule is CCC(C)(C)C1CCC2(CC1)NC(=O)N(CC(=O)NCC(O)c1ccc(OC(F)(F)F)cc1)C2=O. The number of hydrogen-bond acceptors (Lipinski definition) is 5. The Kier molecular flexibility index (Phi) is 7.68. The van der Waals surface area contributed by atoms with Gasteiger partial charge in [-0.25, -0.2) is 4.79 Å². The average molecular weight is 500 g/mol. The Hall–Kier alpha value is -2.82. The van der Waals surface area contributed by atoms with E-state index in [-0.39, 0.29) is 17.5 Å². The molecule has 3 N–H and O–H groups in total. The highest BCUT2D eigenvalue weighted by atomic mass is 19.4. The standard InChI is InChI=1S/C24H32F3N3O5/c1-4-22(2,3)16-9-11-23(12-10-16)20(33)30(21(34)29-23)14-19(32)28-13-18(31)15-5-7-17(8-6-15)35-24(25,26)27/h5-8,16,18,31H,4,9-14H2,1-3H3,(H,28,32)(H,29,34). The third-order valence-electron chi connectivity index (χ3n) is 7.39. The quantitative estimate of drug-likeness (QED) is 0.474. The molecule has 194 valence electrons. The number of hydrogen-bond donors (Lipinski definition) is 3. The number of ether oxygens (including phenoxy) is 1. The molecular weight excluding hydrogens is 467 g/mol. The summed E-state index contributed by atoms with van der Waals surface area (Å²) in [6.45, 7) is 5.82. The molecule has 1 saturated heterocycles. The third-order valence-corrected chi connectivity index (χ3v) is 7.39. The molecule has 1 saturated carbocycles. The summed E-state index contributed by atoms with van der Waals surface area (Å²) in [5, 5.41) is 15.5. The van der Waals surface area contributed by atoms with Gasteiger partial charge < -0.3 is 20.5 Å². The summed E-state index contributed by atoms with van der Waals surface area (Å²) >= 11 is 0. The molecule has 8 nitrogen and oxygen atoms in total. The van der Waals surface area contributed by atoms with E-state index in [1.807, 2.05) is 0 Å². The largest absolute Gasteiger partial charge is 0.573 e. The molecule has 3 rings (SSSR count). The van der Waals surface area contributed by atoms with E-state index in [9.17, 15) is 32.7 Å². The van der Waals surface area contributed by atoms with Crippen LogP contribution in [-0.4, -0.2) is 52.8 Å². The minimum absolute atomic E-state index is 0.152. The molecular formula is C24H32F3N3O5. The van der Waals surface area contributed by atoms with Gasteiger partial charge in [-0.2, -0.15) is 0 Å². The third kappa shape index (κ3) is 6.25. The predicted molar refractivity (Wildman–Crippen MR) is 120 cm³/mol. The Labute approximate surface area is 202 Å². The number of alkyl halides is 3. The lowest BCUT2D eigenvalue weighted by molar-refractivity contribution is -0.274. The summed E-state index contributed by atoms with van der Waals surface area (Å²) in [6, 6.07) is 3.98. The maximum atomic E-state index is 13.1. The summed E-state index contributed by atoms with van der Waals surface area (Å²) in [6.07, 6.45) is -2.33. The van der Waals surface area contributed by atoms with Crippen molar-refractivity contribution in [3.63, 3.8) is 0 Å². The van der Waals surface area contributed by atoms with Crippen molar-refractivity contribution in [3.8, 4) is 5.75 Å². The number of amides is 4. The van der Waals surface area contributed by atoms with Crippen molar-refractivity contribution < 1.29 is 37.4 Å². The highest BCUT2D eigenvalue weighted by Crippen LogP contribution is 2.45. The Morgan fingerprint density at radius 1 is 1.23 bits per heavy atom. The molecule has 1 aromatic rings. The average Bonchev–Trinajstić information content (AvgIpc) is 3.01. The van der Waals surface area contributed by atoms with Crippen molar-refractivity contribution in [1.82, 2.24) is 15.5 Å². The highest BCUT2D eigenvalue weighted by molar-refractivity contribution is 6.09. The van der Waals surface area contributed by atoms with Gasteiger partial charge in [-0.3, -0.25) is 14.5 Å². The van der Waals surface area contributed by atoms with Crippen LogP contribution in [0.2, 0.25) is 0 Å². The van der Waals surface area contributed by atoms with Gasteiger partial charge in [0, 0.05) is 6.54 Å². The normalized spacial score (nSPS) is 23.9. The first-order valence-corrected chi connectivity index (χ1v) is 11.7. The van der Waals surface area contributed by atoms with Crippen LogP contribution in [0.15, 0.2) is 24.3 Å². The van der Waals surface area contributed by atoms with Crippen molar-refractivity contribution in [3.05, 3.63) is 29.8 Å². The molecule has 0 bridgehead atoms. The van der Waals surface area contributed by atoms with Crippen LogP contribution in [-0.2, 0) is 9.59 Å². The Bertz CT molecular complexity index is 941. The monoisotopic (exact) mass is 499 g/mol. The van der Waals surface area contributed by atoms with E-state index in [0.717, 1.165) is 36.3 Å². The predicted octanol–water partition coefficient (Wildman–Crippen LogP) is 3.65. The van der Waals surface area contributed by atoms with E-state index >= 15 is 0 Å². The molecule has 0 radical (unpaired) electrons. The van der Waals surface area contributed by atoms with Crippen LogP contribution in [0.3, 0.4) is 0 Å².